The van der Waals surface area contributed by atoms with Crippen LogP contribution in [-0.4, -0.2) is 48.1 Å². The van der Waals surface area contributed by atoms with E-state index in [0.29, 0.717) is 48.4 Å². The van der Waals surface area contributed by atoms with Gasteiger partial charge in [-0.25, -0.2) is 4.79 Å². The van der Waals surface area contributed by atoms with E-state index < -0.39 is 12.0 Å². The summed E-state index contributed by atoms with van der Waals surface area (Å²) >= 11 is 0. The summed E-state index contributed by atoms with van der Waals surface area (Å²) in [5, 5.41) is 19.1. The van der Waals surface area contributed by atoms with Crippen LogP contribution in [0.5, 0.6) is 0 Å². The Bertz CT molecular complexity index is 1030. The summed E-state index contributed by atoms with van der Waals surface area (Å²) in [6.07, 6.45) is 4.00. The molecule has 0 spiro atoms. The lowest BCUT2D eigenvalue weighted by molar-refractivity contribution is -0.137. The van der Waals surface area contributed by atoms with Gasteiger partial charge in [0.25, 0.3) is 0 Å². The van der Waals surface area contributed by atoms with Crippen molar-refractivity contribution in [2.24, 2.45) is 11.8 Å². The molecule has 0 radical (unpaired) electrons. The van der Waals surface area contributed by atoms with Crippen molar-refractivity contribution in [2.45, 2.75) is 64.8 Å². The zero-order valence-corrected chi connectivity index (χ0v) is 20.8. The van der Waals surface area contributed by atoms with Crippen molar-refractivity contribution in [2.75, 3.05) is 35.3 Å². The molecule has 3 N–H and O–H groups in total. The third-order valence-corrected chi connectivity index (χ3v) is 6.65. The number of carboxylic acid groups (broad SMARTS) is 1. The Morgan fingerprint density at radius 1 is 1.14 bits per heavy atom. The number of hydrogen-bond donors (Lipinski definition) is 3. The second-order valence-electron chi connectivity index (χ2n) is 10.1. The molecule has 1 unspecified atom stereocenters. The monoisotopic (exact) mass is 484 g/mol. The number of amides is 2. The van der Waals surface area contributed by atoms with Crippen molar-refractivity contribution >= 4 is 29.2 Å². The van der Waals surface area contributed by atoms with Crippen molar-refractivity contribution in [3.63, 3.8) is 0 Å². The molecule has 1 saturated heterocycles. The number of rotatable bonds is 10. The molecule has 2 fully saturated rings. The number of urea groups is 1. The molecule has 4 rings (SSSR count). The van der Waals surface area contributed by atoms with Crippen LogP contribution in [0, 0.1) is 18.8 Å². The van der Waals surface area contributed by atoms with Crippen LogP contribution < -0.4 is 15.5 Å². The fourth-order valence-corrected chi connectivity index (χ4v) is 4.91. The molecule has 1 saturated carbocycles. The molecule has 35 heavy (non-hydrogen) atoms. The molecule has 1 atom stereocenters. The summed E-state index contributed by atoms with van der Waals surface area (Å²) in [5.41, 5.74) is 2.55. The molecule has 0 bridgehead atoms. The maximum atomic E-state index is 12.9. The van der Waals surface area contributed by atoms with Gasteiger partial charge >= 0.3 is 12.0 Å². The largest absolute Gasteiger partial charge is 0.481 e. The van der Waals surface area contributed by atoms with Gasteiger partial charge in [0.15, 0.2) is 5.82 Å². The molecule has 2 amide bonds. The number of aryl methyl sites for hydroxylation is 1. The van der Waals surface area contributed by atoms with Crippen LogP contribution in [0.3, 0.4) is 0 Å². The predicted molar refractivity (Wildman–Crippen MR) is 134 cm³/mol. The maximum absolute atomic E-state index is 12.9. The molecule has 2 heterocycles. The number of benzene rings is 1. The van der Waals surface area contributed by atoms with Gasteiger partial charge in [-0.15, -0.1) is 0 Å². The second-order valence-corrected chi connectivity index (χ2v) is 10.1. The Kier molecular flexibility index (Phi) is 7.95. The van der Waals surface area contributed by atoms with Gasteiger partial charge in [-0.3, -0.25) is 10.1 Å². The van der Waals surface area contributed by atoms with E-state index in [1.54, 1.807) is 13.0 Å². The Morgan fingerprint density at radius 2 is 1.89 bits per heavy atom. The molecular formula is C26H36N4O5. The highest BCUT2D eigenvalue weighted by Crippen LogP contribution is 2.46. The van der Waals surface area contributed by atoms with E-state index in [-0.39, 0.29) is 12.3 Å². The summed E-state index contributed by atoms with van der Waals surface area (Å²) in [6, 6.07) is 7.58. The average Bonchev–Trinajstić information content (AvgIpc) is 3.58. The normalized spacial score (nSPS) is 17.3. The van der Waals surface area contributed by atoms with Crippen LogP contribution in [0.2, 0.25) is 0 Å². The van der Waals surface area contributed by atoms with Crippen molar-refractivity contribution in [1.82, 2.24) is 5.16 Å². The Morgan fingerprint density at radius 3 is 2.49 bits per heavy atom. The first-order valence-electron chi connectivity index (χ1n) is 12.5. The molecule has 2 aliphatic rings. The molecule has 2 aromatic rings. The van der Waals surface area contributed by atoms with Crippen molar-refractivity contribution in [1.29, 1.82) is 0 Å². The number of carboxylic acids is 1. The topological polar surface area (TPSA) is 117 Å². The van der Waals surface area contributed by atoms with Crippen LogP contribution in [0.25, 0.3) is 0 Å². The first-order valence-corrected chi connectivity index (χ1v) is 12.5. The number of hydrogen-bond acceptors (Lipinski definition) is 6. The summed E-state index contributed by atoms with van der Waals surface area (Å²) in [4.78, 5) is 26.9. The lowest BCUT2D eigenvalue weighted by Gasteiger charge is -2.38. The fourth-order valence-electron chi connectivity index (χ4n) is 4.91. The number of carbonyl (C=O) groups excluding carboxylic acids is 1. The lowest BCUT2D eigenvalue weighted by Crippen LogP contribution is -2.42. The lowest BCUT2D eigenvalue weighted by atomic mass is 9.90. The second kappa shape index (κ2) is 11.1. The van der Waals surface area contributed by atoms with E-state index >= 15 is 0 Å². The van der Waals surface area contributed by atoms with Gasteiger partial charge in [0.1, 0.15) is 5.76 Å². The number of ether oxygens (including phenoxy) is 1. The van der Waals surface area contributed by atoms with Crippen LogP contribution in [0.15, 0.2) is 28.8 Å². The van der Waals surface area contributed by atoms with Gasteiger partial charge in [0.05, 0.1) is 17.8 Å². The third kappa shape index (κ3) is 6.75. The van der Waals surface area contributed by atoms with Crippen molar-refractivity contribution in [3.8, 4) is 0 Å². The van der Waals surface area contributed by atoms with Gasteiger partial charge in [0, 0.05) is 31.9 Å². The fraction of sp³-hybridized carbons (Fsp3) is 0.577. The zero-order valence-electron chi connectivity index (χ0n) is 20.8. The Balaban J connectivity index is 1.67. The first-order chi connectivity index (χ1) is 16.8. The van der Waals surface area contributed by atoms with Crippen LogP contribution in [0.4, 0.5) is 22.0 Å². The van der Waals surface area contributed by atoms with Gasteiger partial charge < -0.3 is 24.6 Å². The van der Waals surface area contributed by atoms with Crippen LogP contribution >= 0.6 is 0 Å². The van der Waals surface area contributed by atoms with Gasteiger partial charge in [-0.1, -0.05) is 25.1 Å². The number of carbonyl (C=O) groups is 2. The minimum absolute atomic E-state index is 0.0648. The van der Waals surface area contributed by atoms with E-state index in [1.807, 2.05) is 18.2 Å². The maximum Gasteiger partial charge on any atom is 0.325 e. The van der Waals surface area contributed by atoms with Crippen LogP contribution in [-0.2, 0) is 9.53 Å². The smallest absolute Gasteiger partial charge is 0.325 e. The number of aliphatic carboxylic acids is 1. The third-order valence-electron chi connectivity index (χ3n) is 6.65. The van der Waals surface area contributed by atoms with E-state index in [1.165, 1.54) is 0 Å². The number of nitrogens with zero attached hydrogens (tertiary/aromatic N) is 2. The van der Waals surface area contributed by atoms with Gasteiger partial charge in [0.2, 0.25) is 0 Å². The van der Waals surface area contributed by atoms with E-state index in [2.05, 4.69) is 34.5 Å². The number of nitrogens with one attached hydrogen (secondary N) is 2. The highest BCUT2D eigenvalue weighted by atomic mass is 16.5. The SMILES string of the molecule is Cc1cc(NC(=O)Nc2cc(C(CC(=O)O)C3CC3)ccc2N(CC(C)C)C2CCOCC2)no1. The van der Waals surface area contributed by atoms with Gasteiger partial charge in [-0.2, -0.15) is 0 Å². The van der Waals surface area contributed by atoms with E-state index in [0.717, 1.165) is 43.5 Å². The molecule has 1 aromatic heterocycles. The highest BCUT2D eigenvalue weighted by molar-refractivity contribution is 6.01. The van der Waals surface area contributed by atoms with Gasteiger partial charge in [-0.05, 0) is 68.1 Å². The van der Waals surface area contributed by atoms with E-state index in [4.69, 9.17) is 9.26 Å². The Labute approximate surface area is 206 Å². The molecule has 9 nitrogen and oxygen atoms in total. The minimum Gasteiger partial charge on any atom is -0.481 e. The number of aromatic nitrogens is 1. The highest BCUT2D eigenvalue weighted by Gasteiger charge is 2.34. The minimum atomic E-state index is -0.803. The quantitative estimate of drug-likeness (QED) is 0.422. The van der Waals surface area contributed by atoms with Crippen LogP contribution in [0.1, 0.15) is 63.2 Å². The first kappa shape index (κ1) is 25.0. The molecule has 1 aliphatic carbocycles. The summed E-state index contributed by atoms with van der Waals surface area (Å²) in [5.74, 6) is 0.866. The zero-order chi connectivity index (χ0) is 24.9. The molecule has 1 aromatic carbocycles. The predicted octanol–water partition coefficient (Wildman–Crippen LogP) is 5.24. The summed E-state index contributed by atoms with van der Waals surface area (Å²) in [6.45, 7) is 8.40. The summed E-state index contributed by atoms with van der Waals surface area (Å²) in [7, 11) is 0. The van der Waals surface area contributed by atoms with Crippen molar-refractivity contribution in [3.05, 3.63) is 35.6 Å². The number of anilines is 3. The summed E-state index contributed by atoms with van der Waals surface area (Å²) < 4.78 is 10.7. The molecule has 1 aliphatic heterocycles. The molecule has 190 valence electrons. The molecule has 9 heteroatoms. The van der Waals surface area contributed by atoms with E-state index in [9.17, 15) is 14.7 Å². The standard InChI is InChI=1S/C26H36N4O5/c1-16(2)15-30(20-8-10-34-11-9-20)23-7-6-19(21(14-25(31)32)18-4-5-18)13-22(23)27-26(33)28-24-12-17(3)35-29-24/h6-7,12-13,16,18,20-21H,4-5,8-11,14-15H2,1-3H3,(H,31,32)(H2,27,28,29,33). The average molecular weight is 485 g/mol. The molecular weight excluding hydrogens is 448 g/mol. The Hall–Kier alpha value is -3.07. The van der Waals surface area contributed by atoms with Crippen molar-refractivity contribution < 1.29 is 24.0 Å².